The van der Waals surface area contributed by atoms with Gasteiger partial charge in [-0.3, -0.25) is 19.4 Å². The summed E-state index contributed by atoms with van der Waals surface area (Å²) in [5, 5.41) is 22.9. The van der Waals surface area contributed by atoms with Crippen LogP contribution in [0.2, 0.25) is 5.02 Å². The van der Waals surface area contributed by atoms with Crippen LogP contribution in [0.25, 0.3) is 33.7 Å². The molecule has 5 aromatic rings. The molecule has 2 aliphatic rings. The number of anilines is 1. The van der Waals surface area contributed by atoms with E-state index in [0.717, 1.165) is 45.7 Å². The minimum atomic E-state index is -0.796. The number of aromatic nitrogens is 3. The third-order valence-electron chi connectivity index (χ3n) is 9.59. The molecule has 48 heavy (non-hydrogen) atoms. The normalized spacial score (nSPS) is 17.9. The largest absolute Gasteiger partial charge is 0.481 e. The number of oxazole rings is 1. The number of carboxylic acids is 1. The number of benzene rings is 3. The minimum absolute atomic E-state index is 0.334. The van der Waals surface area contributed by atoms with Crippen molar-refractivity contribution < 1.29 is 19.1 Å². The van der Waals surface area contributed by atoms with E-state index in [1.807, 2.05) is 62.0 Å². The number of imidazole rings is 1. The van der Waals surface area contributed by atoms with E-state index in [4.69, 9.17) is 21.0 Å². The van der Waals surface area contributed by atoms with Crippen LogP contribution in [0.3, 0.4) is 0 Å². The third-order valence-corrected chi connectivity index (χ3v) is 9.99. The second-order valence-electron chi connectivity index (χ2n) is 13.1. The number of carbonyl (C=O) groups is 2. The molecule has 3 aromatic carbocycles. The van der Waals surface area contributed by atoms with Gasteiger partial charge in [0.1, 0.15) is 11.6 Å². The molecule has 0 saturated carbocycles. The Bertz CT molecular complexity index is 2180. The van der Waals surface area contributed by atoms with Crippen molar-refractivity contribution in [1.29, 1.82) is 5.26 Å². The highest BCUT2D eigenvalue weighted by Crippen LogP contribution is 2.40. The molecule has 7 rings (SSSR count). The number of hydrogen-bond donors (Lipinski definition) is 2. The van der Waals surface area contributed by atoms with Crippen molar-refractivity contribution >= 4 is 40.3 Å². The lowest BCUT2D eigenvalue weighted by atomic mass is 9.90. The van der Waals surface area contributed by atoms with Gasteiger partial charge in [0.25, 0.3) is 5.91 Å². The molecule has 1 fully saturated rings. The van der Waals surface area contributed by atoms with Gasteiger partial charge in [-0.1, -0.05) is 35.9 Å². The van der Waals surface area contributed by atoms with E-state index in [1.54, 1.807) is 19.1 Å². The Morgan fingerprint density at radius 1 is 1.10 bits per heavy atom. The van der Waals surface area contributed by atoms with Crippen molar-refractivity contribution in [2.45, 2.75) is 39.9 Å². The summed E-state index contributed by atoms with van der Waals surface area (Å²) in [6, 6.07) is 17.2. The highest BCUT2D eigenvalue weighted by Gasteiger charge is 2.40. The predicted molar refractivity (Wildman–Crippen MR) is 181 cm³/mol. The van der Waals surface area contributed by atoms with Crippen LogP contribution in [0.4, 0.5) is 5.69 Å². The van der Waals surface area contributed by atoms with Crippen molar-refractivity contribution in [1.82, 2.24) is 24.3 Å². The van der Waals surface area contributed by atoms with E-state index >= 15 is 0 Å². The lowest BCUT2D eigenvalue weighted by molar-refractivity contribution is -0.147. The smallest absolute Gasteiger partial charge is 0.310 e. The maximum atomic E-state index is 13.3. The number of nitrogens with zero attached hydrogens (tertiary/aromatic N) is 6. The topological polar surface area (TPSA) is 141 Å². The standard InChI is InChI=1S/C36H34ClN7O4/c1-20-23(25-9-6-10-26(30(25)37)40-33(45)32-39-28-17-42(3)18-29(28)43(32)4)7-5-8-24(20)34-41-27-14-21(13-22(15-38)31(27)48-34)16-44-12-11-36(2,19-44)35(46)47/h5-10,13-14H,11-12,16-19H2,1-4H3,(H,40,45)(H,46,47)/t36-/m1/s1. The zero-order valence-electron chi connectivity index (χ0n) is 27.1. The maximum Gasteiger partial charge on any atom is 0.310 e. The van der Waals surface area contributed by atoms with Gasteiger partial charge in [-0.15, -0.1) is 0 Å². The van der Waals surface area contributed by atoms with Gasteiger partial charge in [-0.2, -0.15) is 5.26 Å². The van der Waals surface area contributed by atoms with E-state index in [2.05, 4.69) is 26.2 Å². The minimum Gasteiger partial charge on any atom is -0.481 e. The van der Waals surface area contributed by atoms with Gasteiger partial charge in [0, 0.05) is 44.4 Å². The Hall–Kier alpha value is -5.02. The average molecular weight is 664 g/mol. The SMILES string of the molecule is Cc1c(-c2nc3cc(CN4CC[C@@](C)(C(=O)O)C4)cc(C#N)c3o2)cccc1-c1cccc(NC(=O)c2nc3c(n2C)CN(C)C3)c1Cl. The quantitative estimate of drug-likeness (QED) is 0.208. The first-order valence-corrected chi connectivity index (χ1v) is 16.1. The number of nitrogens with one attached hydrogen (secondary N) is 1. The van der Waals surface area contributed by atoms with Gasteiger partial charge in [0.2, 0.25) is 5.89 Å². The van der Waals surface area contributed by atoms with Crippen molar-refractivity contribution in [3.8, 4) is 28.7 Å². The first-order valence-electron chi connectivity index (χ1n) is 15.7. The van der Waals surface area contributed by atoms with E-state index in [1.165, 1.54) is 0 Å². The third kappa shape index (κ3) is 5.42. The van der Waals surface area contributed by atoms with Crippen LogP contribution in [0.5, 0.6) is 0 Å². The molecule has 2 aliphatic heterocycles. The summed E-state index contributed by atoms with van der Waals surface area (Å²) in [5.74, 6) is -0.427. The summed E-state index contributed by atoms with van der Waals surface area (Å²) in [7, 11) is 3.87. The highest BCUT2D eigenvalue weighted by molar-refractivity contribution is 6.36. The van der Waals surface area contributed by atoms with Gasteiger partial charge in [0.15, 0.2) is 11.4 Å². The number of halogens is 1. The lowest BCUT2D eigenvalue weighted by Gasteiger charge is -2.20. The number of amides is 1. The molecule has 2 aromatic heterocycles. The van der Waals surface area contributed by atoms with E-state index in [0.29, 0.717) is 71.7 Å². The van der Waals surface area contributed by atoms with Crippen LogP contribution in [0.1, 0.15) is 52.0 Å². The summed E-state index contributed by atoms with van der Waals surface area (Å²) in [6.45, 7) is 6.78. The number of aliphatic carboxylic acids is 1. The molecule has 0 unspecified atom stereocenters. The first-order chi connectivity index (χ1) is 23.0. The molecule has 1 amide bonds. The maximum absolute atomic E-state index is 13.3. The summed E-state index contributed by atoms with van der Waals surface area (Å²) < 4.78 is 8.04. The number of rotatable bonds is 7. The Morgan fingerprint density at radius 2 is 1.85 bits per heavy atom. The van der Waals surface area contributed by atoms with Crippen molar-refractivity contribution in [2.24, 2.45) is 12.5 Å². The van der Waals surface area contributed by atoms with Crippen LogP contribution < -0.4 is 5.32 Å². The molecule has 0 aliphatic carbocycles. The van der Waals surface area contributed by atoms with Crippen molar-refractivity contribution in [3.05, 3.63) is 87.5 Å². The molecule has 0 bridgehead atoms. The van der Waals surface area contributed by atoms with Gasteiger partial charge in [0.05, 0.1) is 33.1 Å². The molecular weight excluding hydrogens is 630 g/mol. The summed E-state index contributed by atoms with van der Waals surface area (Å²) >= 11 is 6.94. The number of carboxylic acid groups (broad SMARTS) is 1. The van der Waals surface area contributed by atoms with E-state index in [9.17, 15) is 20.0 Å². The molecule has 1 saturated heterocycles. The van der Waals surface area contributed by atoms with E-state index < -0.39 is 11.4 Å². The average Bonchev–Trinajstić information content (AvgIpc) is 3.82. The predicted octanol–water partition coefficient (Wildman–Crippen LogP) is 6.22. The zero-order valence-corrected chi connectivity index (χ0v) is 27.9. The van der Waals surface area contributed by atoms with Crippen LogP contribution in [0, 0.1) is 23.7 Å². The zero-order chi connectivity index (χ0) is 33.9. The molecule has 1 atom stereocenters. The van der Waals surface area contributed by atoms with Crippen molar-refractivity contribution in [2.75, 3.05) is 25.5 Å². The summed E-state index contributed by atoms with van der Waals surface area (Å²) in [4.78, 5) is 38.6. The van der Waals surface area contributed by atoms with Gasteiger partial charge < -0.3 is 19.4 Å². The fourth-order valence-electron chi connectivity index (χ4n) is 6.86. The van der Waals surface area contributed by atoms with Crippen LogP contribution in [-0.2, 0) is 31.5 Å². The second kappa shape index (κ2) is 11.9. The lowest BCUT2D eigenvalue weighted by Crippen LogP contribution is -2.31. The monoisotopic (exact) mass is 663 g/mol. The van der Waals surface area contributed by atoms with E-state index in [-0.39, 0.29) is 5.91 Å². The fourth-order valence-corrected chi connectivity index (χ4v) is 7.14. The summed E-state index contributed by atoms with van der Waals surface area (Å²) in [5.41, 5.74) is 6.98. The molecule has 11 nitrogen and oxygen atoms in total. The fraction of sp³-hybridized carbons (Fsp3) is 0.306. The molecule has 4 heterocycles. The molecule has 0 radical (unpaired) electrons. The number of carbonyl (C=O) groups excluding carboxylic acids is 1. The number of nitriles is 1. The molecule has 2 N–H and O–H groups in total. The first kappa shape index (κ1) is 31.6. The number of likely N-dealkylation sites (tertiary alicyclic amines) is 1. The van der Waals surface area contributed by atoms with Gasteiger partial charge in [-0.05, 0) is 74.8 Å². The molecular formula is C36H34ClN7O4. The molecule has 244 valence electrons. The Balaban J connectivity index is 1.17. The Morgan fingerprint density at radius 3 is 2.58 bits per heavy atom. The van der Waals surface area contributed by atoms with Crippen LogP contribution >= 0.6 is 11.6 Å². The van der Waals surface area contributed by atoms with Gasteiger partial charge in [-0.25, -0.2) is 9.97 Å². The summed E-state index contributed by atoms with van der Waals surface area (Å²) in [6.07, 6.45) is 0.572. The Labute approximate surface area is 282 Å². The van der Waals surface area contributed by atoms with Crippen molar-refractivity contribution in [3.63, 3.8) is 0 Å². The Kier molecular flexibility index (Phi) is 7.83. The number of fused-ring (bicyclic) bond motifs is 2. The van der Waals surface area contributed by atoms with Crippen LogP contribution in [-0.4, -0.2) is 61.5 Å². The molecule has 0 spiro atoms. The van der Waals surface area contributed by atoms with Gasteiger partial charge >= 0.3 is 5.97 Å². The highest BCUT2D eigenvalue weighted by atomic mass is 35.5. The number of hydrogen-bond acceptors (Lipinski definition) is 8. The van der Waals surface area contributed by atoms with Crippen LogP contribution in [0.15, 0.2) is 52.9 Å². The second-order valence-corrected chi connectivity index (χ2v) is 13.5. The molecule has 12 heteroatoms.